The molecule has 21 heavy (non-hydrogen) atoms. The van der Waals surface area contributed by atoms with E-state index in [1.54, 1.807) is 25.1 Å². The number of hydrogen-bond donors (Lipinski definition) is 2. The molecule has 2 N–H and O–H groups in total. The van der Waals surface area contributed by atoms with Crippen molar-refractivity contribution in [1.29, 1.82) is 0 Å². The lowest BCUT2D eigenvalue weighted by molar-refractivity contribution is 0.0717. The molecule has 1 amide bonds. The molecule has 1 fully saturated rings. The maximum atomic E-state index is 12.8. The van der Waals surface area contributed by atoms with Crippen LogP contribution in [0.5, 0.6) is 5.75 Å². The molecule has 116 valence electrons. The van der Waals surface area contributed by atoms with Crippen LogP contribution in [0.15, 0.2) is 18.2 Å². The zero-order valence-corrected chi connectivity index (χ0v) is 13.1. The Morgan fingerprint density at radius 1 is 1.48 bits per heavy atom. The van der Waals surface area contributed by atoms with Gasteiger partial charge in [0.25, 0.3) is 5.91 Å². The number of hydrogen-bond acceptors (Lipinski definition) is 3. The molecule has 1 heterocycles. The minimum Gasteiger partial charge on any atom is -0.508 e. The molecular weight excluding hydrogens is 264 g/mol. The van der Waals surface area contributed by atoms with Crippen LogP contribution in [0, 0.1) is 12.8 Å². The number of nitrogens with one attached hydrogen (secondary N) is 1. The molecule has 4 heteroatoms. The molecule has 0 bridgehead atoms. The molecule has 0 saturated carbocycles. The Hall–Kier alpha value is -1.55. The summed E-state index contributed by atoms with van der Waals surface area (Å²) in [7, 11) is 0. The third kappa shape index (κ3) is 3.97. The Morgan fingerprint density at radius 3 is 2.95 bits per heavy atom. The van der Waals surface area contributed by atoms with E-state index in [-0.39, 0.29) is 11.7 Å². The number of carbonyl (C=O) groups excluding carboxylic acids is 1. The van der Waals surface area contributed by atoms with Crippen LogP contribution >= 0.6 is 0 Å². The molecule has 0 aromatic heterocycles. The van der Waals surface area contributed by atoms with Gasteiger partial charge >= 0.3 is 0 Å². The maximum Gasteiger partial charge on any atom is 0.254 e. The lowest BCUT2D eigenvalue weighted by atomic mass is 9.98. The fourth-order valence-electron chi connectivity index (χ4n) is 2.96. The van der Waals surface area contributed by atoms with Gasteiger partial charge in [-0.25, -0.2) is 0 Å². The van der Waals surface area contributed by atoms with Crippen LogP contribution in [0.3, 0.4) is 0 Å². The molecule has 1 aliphatic rings. The molecule has 4 nitrogen and oxygen atoms in total. The highest BCUT2D eigenvalue weighted by Gasteiger charge is 2.22. The van der Waals surface area contributed by atoms with E-state index in [0.717, 1.165) is 32.6 Å². The molecule has 0 spiro atoms. The number of piperidine rings is 1. The van der Waals surface area contributed by atoms with Crippen LogP contribution in [0.4, 0.5) is 0 Å². The van der Waals surface area contributed by atoms with Crippen molar-refractivity contribution in [3.8, 4) is 5.75 Å². The van der Waals surface area contributed by atoms with Gasteiger partial charge in [-0.15, -0.1) is 0 Å². The van der Waals surface area contributed by atoms with Gasteiger partial charge in [-0.2, -0.15) is 0 Å². The highest BCUT2D eigenvalue weighted by Crippen LogP contribution is 2.22. The largest absolute Gasteiger partial charge is 0.508 e. The summed E-state index contributed by atoms with van der Waals surface area (Å²) in [6, 6.07) is 5.17. The second-order valence-corrected chi connectivity index (χ2v) is 5.91. The normalized spacial score (nSPS) is 18.5. The maximum absolute atomic E-state index is 12.8. The molecule has 1 aromatic rings. The van der Waals surface area contributed by atoms with E-state index in [9.17, 15) is 9.90 Å². The van der Waals surface area contributed by atoms with Crippen molar-refractivity contribution in [3.63, 3.8) is 0 Å². The van der Waals surface area contributed by atoms with Gasteiger partial charge in [-0.1, -0.05) is 13.0 Å². The van der Waals surface area contributed by atoms with E-state index < -0.39 is 0 Å². The van der Waals surface area contributed by atoms with Gasteiger partial charge in [0.15, 0.2) is 0 Å². The van der Waals surface area contributed by atoms with Gasteiger partial charge in [0.2, 0.25) is 0 Å². The summed E-state index contributed by atoms with van der Waals surface area (Å²) in [5.41, 5.74) is 1.29. The number of rotatable bonds is 5. The van der Waals surface area contributed by atoms with E-state index in [0.29, 0.717) is 17.0 Å². The van der Waals surface area contributed by atoms with E-state index in [1.807, 2.05) is 4.90 Å². The second kappa shape index (κ2) is 7.46. The number of carbonyl (C=O) groups is 1. The number of benzene rings is 1. The lowest BCUT2D eigenvalue weighted by Crippen LogP contribution is -2.41. The average Bonchev–Trinajstić information content (AvgIpc) is 2.50. The number of amides is 1. The van der Waals surface area contributed by atoms with Gasteiger partial charge in [0, 0.05) is 24.2 Å². The summed E-state index contributed by atoms with van der Waals surface area (Å²) in [6.07, 6.45) is 3.31. The Balaban J connectivity index is 2.12. The molecule has 1 aliphatic heterocycles. The van der Waals surface area contributed by atoms with Gasteiger partial charge in [0.1, 0.15) is 5.75 Å². The molecule has 1 saturated heterocycles. The van der Waals surface area contributed by atoms with Crippen molar-refractivity contribution >= 4 is 5.91 Å². The van der Waals surface area contributed by atoms with Crippen LogP contribution < -0.4 is 5.32 Å². The average molecular weight is 290 g/mol. The van der Waals surface area contributed by atoms with E-state index in [1.165, 1.54) is 12.8 Å². The second-order valence-electron chi connectivity index (χ2n) is 5.91. The number of nitrogens with zero attached hydrogens (tertiary/aromatic N) is 1. The third-order valence-electron chi connectivity index (χ3n) is 4.19. The van der Waals surface area contributed by atoms with Gasteiger partial charge in [-0.3, -0.25) is 4.79 Å². The van der Waals surface area contributed by atoms with Crippen LogP contribution in [0.25, 0.3) is 0 Å². The van der Waals surface area contributed by atoms with Crippen molar-refractivity contribution in [3.05, 3.63) is 29.3 Å². The zero-order chi connectivity index (χ0) is 15.2. The third-order valence-corrected chi connectivity index (χ3v) is 4.19. The summed E-state index contributed by atoms with van der Waals surface area (Å²) in [6.45, 7) is 7.54. The number of phenolic OH excluding ortho intramolecular Hbond substituents is 1. The van der Waals surface area contributed by atoms with Gasteiger partial charge < -0.3 is 15.3 Å². The fraction of sp³-hybridized carbons (Fsp3) is 0.588. The number of phenols is 1. The summed E-state index contributed by atoms with van der Waals surface area (Å²) in [5.74, 6) is 0.763. The summed E-state index contributed by atoms with van der Waals surface area (Å²) in [5, 5.41) is 13.2. The highest BCUT2D eigenvalue weighted by atomic mass is 16.3. The molecule has 0 radical (unpaired) electrons. The summed E-state index contributed by atoms with van der Waals surface area (Å²) < 4.78 is 0. The standard InChI is InChI=1S/C17H26N2O2/c1-3-10-19(12-14-6-5-9-18-11-14)17(21)15-7-4-8-16(20)13(15)2/h4,7-8,14,18,20H,3,5-6,9-12H2,1-2H3. The topological polar surface area (TPSA) is 52.6 Å². The van der Waals surface area contributed by atoms with Crippen molar-refractivity contribution in [2.45, 2.75) is 33.1 Å². The van der Waals surface area contributed by atoms with Gasteiger partial charge in [-0.05, 0) is 57.3 Å². The Bertz CT molecular complexity index is 482. The SMILES string of the molecule is CCCN(CC1CCCNC1)C(=O)c1cccc(O)c1C. The highest BCUT2D eigenvalue weighted by molar-refractivity contribution is 5.96. The Morgan fingerprint density at radius 2 is 2.29 bits per heavy atom. The first kappa shape index (κ1) is 15.8. The van der Waals surface area contributed by atoms with Crippen LogP contribution in [-0.4, -0.2) is 42.1 Å². The monoisotopic (exact) mass is 290 g/mol. The van der Waals surface area contributed by atoms with E-state index in [2.05, 4.69) is 12.2 Å². The van der Waals surface area contributed by atoms with Crippen molar-refractivity contribution in [2.24, 2.45) is 5.92 Å². The summed E-state index contributed by atoms with van der Waals surface area (Å²) >= 11 is 0. The Labute approximate surface area is 127 Å². The first-order chi connectivity index (χ1) is 10.1. The predicted molar refractivity (Wildman–Crippen MR) is 84.6 cm³/mol. The molecule has 1 atom stereocenters. The molecule has 0 aliphatic carbocycles. The minimum absolute atomic E-state index is 0.0378. The van der Waals surface area contributed by atoms with Crippen LogP contribution in [-0.2, 0) is 0 Å². The molecule has 1 aromatic carbocycles. The molecule has 1 unspecified atom stereocenters. The number of aromatic hydroxyl groups is 1. The van der Waals surface area contributed by atoms with Crippen LogP contribution in [0.2, 0.25) is 0 Å². The fourth-order valence-corrected chi connectivity index (χ4v) is 2.96. The van der Waals surface area contributed by atoms with Crippen LogP contribution in [0.1, 0.15) is 42.1 Å². The first-order valence-electron chi connectivity index (χ1n) is 7.92. The minimum atomic E-state index is 0.0378. The van der Waals surface area contributed by atoms with Gasteiger partial charge in [0.05, 0.1) is 0 Å². The smallest absolute Gasteiger partial charge is 0.254 e. The first-order valence-corrected chi connectivity index (χ1v) is 7.92. The quantitative estimate of drug-likeness (QED) is 0.876. The predicted octanol–water partition coefficient (Wildman–Crippen LogP) is 2.55. The lowest BCUT2D eigenvalue weighted by Gasteiger charge is -2.30. The molecular formula is C17H26N2O2. The summed E-state index contributed by atoms with van der Waals surface area (Å²) in [4.78, 5) is 14.7. The zero-order valence-electron chi connectivity index (χ0n) is 13.1. The van der Waals surface area contributed by atoms with E-state index >= 15 is 0 Å². The van der Waals surface area contributed by atoms with Crippen molar-refractivity contribution < 1.29 is 9.90 Å². The van der Waals surface area contributed by atoms with Crippen molar-refractivity contribution in [1.82, 2.24) is 10.2 Å². The van der Waals surface area contributed by atoms with Crippen molar-refractivity contribution in [2.75, 3.05) is 26.2 Å². The molecule has 2 rings (SSSR count). The van der Waals surface area contributed by atoms with E-state index in [4.69, 9.17) is 0 Å². The Kier molecular flexibility index (Phi) is 5.62.